The average molecular weight is 1130 g/mol. The van der Waals surface area contributed by atoms with E-state index in [-0.39, 0.29) is 108 Å². The summed E-state index contributed by atoms with van der Waals surface area (Å²) in [6.45, 7) is 10.7. The molecule has 0 saturated heterocycles. The molecule has 6 aromatic rings. The maximum absolute atomic E-state index is 12.9. The highest BCUT2D eigenvalue weighted by Crippen LogP contribution is 2.78. The molecule has 78 heavy (non-hydrogen) atoms. The molecule has 0 saturated carbocycles. The van der Waals surface area contributed by atoms with Crippen LogP contribution in [-0.4, -0.2) is 75.5 Å². The summed E-state index contributed by atoms with van der Waals surface area (Å²) in [5.74, 6) is -3.49. The zero-order valence-corrected chi connectivity index (χ0v) is 45.8. The van der Waals surface area contributed by atoms with Crippen LogP contribution in [0.25, 0.3) is 0 Å². The fourth-order valence-electron chi connectivity index (χ4n) is 6.78. The Hall–Kier alpha value is -8.37. The monoisotopic (exact) mass is 1130 g/mol. The topological polar surface area (TPSA) is 250 Å². The van der Waals surface area contributed by atoms with Crippen molar-refractivity contribution in [2.75, 3.05) is 39.6 Å². The number of esters is 6. The third-order valence-corrected chi connectivity index (χ3v) is 18.3. The van der Waals surface area contributed by atoms with Gasteiger partial charge in [0.05, 0.1) is 73.0 Å². The van der Waals surface area contributed by atoms with E-state index in [1.54, 1.807) is 41.5 Å². The van der Waals surface area contributed by atoms with Crippen molar-refractivity contribution in [3.05, 3.63) is 179 Å². The highest BCUT2D eigenvalue weighted by Gasteiger charge is 2.49. The minimum Gasteiger partial charge on any atom is -0.462 e. The van der Waals surface area contributed by atoms with E-state index in [4.69, 9.17) is 69.1 Å². The first-order chi connectivity index (χ1) is 37.6. The third-order valence-electron chi connectivity index (χ3n) is 10.2. The van der Waals surface area contributed by atoms with Crippen LogP contribution >= 0.6 is 23.0 Å². The Balaban J connectivity index is 1.57. The van der Waals surface area contributed by atoms with Crippen molar-refractivity contribution < 1.29 is 84.3 Å². The number of benzene rings is 6. The zero-order valence-electron chi connectivity index (χ0n) is 43.1. The summed E-state index contributed by atoms with van der Waals surface area (Å²) < 4.78 is 88.0. The van der Waals surface area contributed by atoms with Crippen LogP contribution in [-0.2, 0) is 28.4 Å². The van der Waals surface area contributed by atoms with Crippen molar-refractivity contribution in [1.29, 1.82) is 0 Å². The van der Waals surface area contributed by atoms with Crippen molar-refractivity contribution in [3.63, 3.8) is 0 Å². The van der Waals surface area contributed by atoms with Gasteiger partial charge in [-0.2, -0.15) is 0 Å². The number of nitrogens with zero attached hydrogens (tertiary/aromatic N) is 3. The van der Waals surface area contributed by atoms with E-state index in [1.165, 1.54) is 146 Å². The van der Waals surface area contributed by atoms with Crippen LogP contribution in [0.2, 0.25) is 0 Å². The summed E-state index contributed by atoms with van der Waals surface area (Å²) in [5.41, 5.74) is 1.06. The van der Waals surface area contributed by atoms with Gasteiger partial charge in [-0.1, -0.05) is 13.5 Å². The molecule has 21 nitrogen and oxygen atoms in total. The van der Waals surface area contributed by atoms with Crippen LogP contribution < -0.4 is 27.1 Å². The van der Waals surface area contributed by atoms with Gasteiger partial charge in [-0.25, -0.2) is 28.8 Å². The van der Waals surface area contributed by atoms with E-state index in [0.717, 1.165) is 0 Å². The second kappa shape index (κ2) is 26.6. The van der Waals surface area contributed by atoms with Gasteiger partial charge < -0.3 is 55.6 Å². The molecule has 0 bridgehead atoms. The summed E-state index contributed by atoms with van der Waals surface area (Å²) >= 11 is 0. The lowest BCUT2D eigenvalue weighted by Crippen LogP contribution is -2.12. The van der Waals surface area contributed by atoms with Gasteiger partial charge in [-0.3, -0.25) is 0 Å². The third kappa shape index (κ3) is 15.0. The molecule has 0 amide bonds. The van der Waals surface area contributed by atoms with E-state index in [0.29, 0.717) is 0 Å². The SMILES string of the molecule is CCOC(=O)c1ccc(OP2(Oc3ccc(C(=O)OCC)cc3)=NP(Oc3ccc(C(=O)OCC)cc3)(Oc3ccc(C(=O)OCC)cc3)=NP(Oc3ccc(C(=O)OCC)cc3)(Oc3ccc(C(=O)OCC)cc3)=N2)cc1. The van der Waals surface area contributed by atoms with Crippen LogP contribution in [0.1, 0.15) is 104 Å². The summed E-state index contributed by atoms with van der Waals surface area (Å²) in [4.78, 5) is 77.2. The highest BCUT2D eigenvalue weighted by molar-refractivity contribution is 7.79. The first kappa shape index (κ1) is 57.3. The number of ether oxygens (including phenoxy) is 6. The summed E-state index contributed by atoms with van der Waals surface area (Å²) in [6, 6.07) is 34.8. The van der Waals surface area contributed by atoms with Crippen molar-refractivity contribution in [2.45, 2.75) is 41.5 Å². The van der Waals surface area contributed by atoms with Crippen LogP contribution in [0.5, 0.6) is 34.5 Å². The number of hydrogen-bond donors (Lipinski definition) is 0. The van der Waals surface area contributed by atoms with Gasteiger partial charge in [0.15, 0.2) is 0 Å². The van der Waals surface area contributed by atoms with Crippen molar-refractivity contribution in [1.82, 2.24) is 0 Å². The molecule has 0 unspecified atom stereocenters. The first-order valence-corrected chi connectivity index (χ1v) is 29.0. The molecule has 0 N–H and O–H groups in total. The predicted molar refractivity (Wildman–Crippen MR) is 286 cm³/mol. The first-order valence-electron chi connectivity index (χ1n) is 24.4. The molecule has 0 spiro atoms. The fourth-order valence-corrected chi connectivity index (χ4v) is 15.8. The van der Waals surface area contributed by atoms with E-state index >= 15 is 0 Å². The Morgan fingerprint density at radius 1 is 0.256 bits per heavy atom. The average Bonchev–Trinajstić information content (AvgIpc) is 3.56. The molecule has 0 aromatic heterocycles. The maximum Gasteiger partial charge on any atom is 0.460 e. The number of carbonyl (C=O) groups is 6. The fraction of sp³-hybridized carbons (Fsp3) is 0.222. The lowest BCUT2D eigenvalue weighted by molar-refractivity contribution is 0.0516. The lowest BCUT2D eigenvalue weighted by Gasteiger charge is -2.33. The normalized spacial score (nSPS) is 13.5. The second-order valence-corrected chi connectivity index (χ2v) is 21.9. The molecule has 24 heteroatoms. The molecule has 1 heterocycles. The van der Waals surface area contributed by atoms with E-state index in [2.05, 4.69) is 0 Å². The Bertz CT molecular complexity index is 2710. The molecule has 0 atom stereocenters. The molecule has 0 radical (unpaired) electrons. The molecule has 0 aliphatic carbocycles. The number of hydrogen-bond acceptors (Lipinski definition) is 21. The number of rotatable bonds is 24. The predicted octanol–water partition coefficient (Wildman–Crippen LogP) is 13.4. The Morgan fingerprint density at radius 3 is 0.500 bits per heavy atom. The number of carbonyl (C=O) groups excluding carboxylic acids is 6. The van der Waals surface area contributed by atoms with Gasteiger partial charge in [0.25, 0.3) is 0 Å². The van der Waals surface area contributed by atoms with Crippen molar-refractivity contribution >= 4 is 58.8 Å². The van der Waals surface area contributed by atoms with Crippen molar-refractivity contribution in [2.24, 2.45) is 13.5 Å². The summed E-state index contributed by atoms with van der Waals surface area (Å²) in [5, 5.41) is 0. The van der Waals surface area contributed by atoms with Gasteiger partial charge >= 0.3 is 58.8 Å². The Morgan fingerprint density at radius 2 is 0.385 bits per heavy atom. The minimum absolute atomic E-state index is 0.0280. The second-order valence-electron chi connectivity index (χ2n) is 15.8. The minimum atomic E-state index is -4.64. The maximum atomic E-state index is 12.9. The molecule has 7 rings (SSSR count). The quantitative estimate of drug-likeness (QED) is 0.0310. The van der Waals surface area contributed by atoms with Gasteiger partial charge in [0, 0.05) is 0 Å². The van der Waals surface area contributed by atoms with Gasteiger partial charge in [-0.05, 0) is 187 Å². The van der Waals surface area contributed by atoms with Crippen LogP contribution in [0.4, 0.5) is 0 Å². The van der Waals surface area contributed by atoms with Crippen LogP contribution in [0.15, 0.2) is 159 Å². The molecule has 6 aromatic carbocycles. The molecule has 1 aliphatic rings. The standard InChI is InChI=1S/C54H54N3O18P3/c1-7-64-49(58)37-13-25-43(26-14-37)70-76(71-44-27-15-38(16-28-44)50(59)65-8-2)55-77(72-45-29-17-39(18-30-45)51(60)66-9-3,73-46-31-19-40(20-32-46)52(61)67-10-4)57-78(56-76,74-47-33-21-41(22-34-47)53(62)68-11-5)75-48-35-23-42(24-36-48)54(63)69-12-6/h13-36H,7-12H2,1-6H3. The van der Waals surface area contributed by atoms with Crippen LogP contribution in [0.3, 0.4) is 0 Å². The molecular weight excluding hydrogens is 1070 g/mol. The van der Waals surface area contributed by atoms with Gasteiger partial charge in [0.2, 0.25) is 0 Å². The smallest absolute Gasteiger partial charge is 0.460 e. The van der Waals surface area contributed by atoms with Crippen LogP contribution in [0, 0.1) is 0 Å². The van der Waals surface area contributed by atoms with Gasteiger partial charge in [-0.15, -0.1) is 0 Å². The highest BCUT2D eigenvalue weighted by atomic mass is 31.3. The molecule has 0 fully saturated rings. The lowest BCUT2D eigenvalue weighted by atomic mass is 10.2. The largest absolute Gasteiger partial charge is 0.462 e. The van der Waals surface area contributed by atoms with Gasteiger partial charge in [0.1, 0.15) is 34.5 Å². The Kier molecular flexibility index (Phi) is 19.6. The van der Waals surface area contributed by atoms with E-state index in [1.807, 2.05) is 0 Å². The van der Waals surface area contributed by atoms with Crippen molar-refractivity contribution in [3.8, 4) is 34.5 Å². The van der Waals surface area contributed by atoms with E-state index in [9.17, 15) is 28.8 Å². The molecular formula is C54H54N3O18P3. The van der Waals surface area contributed by atoms with E-state index < -0.39 is 58.8 Å². The molecule has 408 valence electrons. The summed E-state index contributed by atoms with van der Waals surface area (Å²) in [7, 11) is -13.9. The summed E-state index contributed by atoms with van der Waals surface area (Å²) in [6.07, 6.45) is 0. The Labute approximate surface area is 449 Å². The molecule has 1 aliphatic heterocycles. The zero-order chi connectivity index (χ0) is 55.7.